The Balaban J connectivity index is 2.06. The van der Waals surface area contributed by atoms with Gasteiger partial charge in [-0.1, -0.05) is 6.07 Å². The van der Waals surface area contributed by atoms with E-state index in [1.807, 2.05) is 11.4 Å². The molecular weight excluding hydrogens is 198 g/mol. The maximum Gasteiger partial charge on any atom is 0.220 e. The van der Waals surface area contributed by atoms with E-state index in [1.54, 1.807) is 11.3 Å². The van der Waals surface area contributed by atoms with Crippen LogP contribution in [0, 0.1) is 0 Å². The van der Waals surface area contributed by atoms with Crippen LogP contribution in [0.3, 0.4) is 0 Å². The third-order valence-electron chi connectivity index (χ3n) is 1.84. The average Bonchev–Trinajstić information content (AvgIpc) is 2.67. The highest BCUT2D eigenvalue weighted by Crippen LogP contribution is 2.11. The Bertz CT molecular complexity index is 259. The molecule has 3 nitrogen and oxygen atoms in total. The summed E-state index contributed by atoms with van der Waals surface area (Å²) in [6.07, 6.45) is 2.37. The summed E-state index contributed by atoms with van der Waals surface area (Å²) in [7, 11) is 0. The number of hydrogen-bond acceptors (Lipinski definition) is 3. The Kier molecular flexibility index (Phi) is 5.25. The smallest absolute Gasteiger partial charge is 0.220 e. The second-order valence-corrected chi connectivity index (χ2v) is 4.04. The van der Waals surface area contributed by atoms with Crippen LogP contribution >= 0.6 is 11.3 Å². The van der Waals surface area contributed by atoms with Gasteiger partial charge in [0.15, 0.2) is 0 Å². The maximum atomic E-state index is 11.1. The molecule has 1 heterocycles. The molecule has 0 saturated heterocycles. The van der Waals surface area contributed by atoms with E-state index in [2.05, 4.69) is 11.4 Å². The fourth-order valence-electron chi connectivity index (χ4n) is 1.16. The van der Waals surface area contributed by atoms with E-state index in [1.165, 1.54) is 4.88 Å². The zero-order chi connectivity index (χ0) is 10.2. The minimum Gasteiger partial charge on any atom is -0.395 e. The van der Waals surface area contributed by atoms with Gasteiger partial charge in [-0.3, -0.25) is 4.79 Å². The number of aliphatic hydroxyl groups is 1. The van der Waals surface area contributed by atoms with E-state index in [-0.39, 0.29) is 12.5 Å². The Morgan fingerprint density at radius 2 is 2.43 bits per heavy atom. The van der Waals surface area contributed by atoms with Crippen molar-refractivity contribution in [3.8, 4) is 0 Å². The van der Waals surface area contributed by atoms with Crippen molar-refractivity contribution in [1.82, 2.24) is 5.32 Å². The van der Waals surface area contributed by atoms with Crippen LogP contribution in [0.25, 0.3) is 0 Å². The van der Waals surface area contributed by atoms with E-state index in [0.29, 0.717) is 13.0 Å². The van der Waals surface area contributed by atoms with Gasteiger partial charge >= 0.3 is 0 Å². The maximum absolute atomic E-state index is 11.1. The molecule has 0 aliphatic rings. The zero-order valence-electron chi connectivity index (χ0n) is 8.03. The summed E-state index contributed by atoms with van der Waals surface area (Å²) in [6.45, 7) is 0.370. The summed E-state index contributed by atoms with van der Waals surface area (Å²) in [5, 5.41) is 13.1. The van der Waals surface area contributed by atoms with Gasteiger partial charge in [0.1, 0.15) is 0 Å². The first-order valence-corrected chi connectivity index (χ1v) is 5.61. The molecule has 0 radical (unpaired) electrons. The normalized spacial score (nSPS) is 10.1. The van der Waals surface area contributed by atoms with Gasteiger partial charge in [0.25, 0.3) is 0 Å². The largest absolute Gasteiger partial charge is 0.395 e. The predicted octanol–water partition coefficient (Wildman–Crippen LogP) is 1.18. The fourth-order valence-corrected chi connectivity index (χ4v) is 1.91. The molecule has 1 aromatic heterocycles. The molecule has 4 heteroatoms. The third-order valence-corrected chi connectivity index (χ3v) is 2.78. The molecule has 1 aromatic rings. The topological polar surface area (TPSA) is 49.3 Å². The average molecular weight is 213 g/mol. The Hall–Kier alpha value is -0.870. The first kappa shape index (κ1) is 11.2. The lowest BCUT2D eigenvalue weighted by atomic mass is 10.2. The highest BCUT2D eigenvalue weighted by molar-refractivity contribution is 7.09. The summed E-state index contributed by atoms with van der Waals surface area (Å²) in [6, 6.07) is 4.10. The molecule has 0 aromatic carbocycles. The third kappa shape index (κ3) is 4.39. The first-order valence-electron chi connectivity index (χ1n) is 4.73. The molecule has 1 amide bonds. The lowest BCUT2D eigenvalue weighted by Crippen LogP contribution is -2.26. The van der Waals surface area contributed by atoms with Gasteiger partial charge in [0, 0.05) is 17.8 Å². The summed E-state index contributed by atoms with van der Waals surface area (Å²) >= 11 is 1.72. The zero-order valence-corrected chi connectivity index (χ0v) is 8.85. The Labute approximate surface area is 87.8 Å². The highest BCUT2D eigenvalue weighted by Gasteiger charge is 2.00. The van der Waals surface area contributed by atoms with E-state index >= 15 is 0 Å². The number of nitrogens with one attached hydrogen (secondary N) is 1. The van der Waals surface area contributed by atoms with Crippen molar-refractivity contribution in [1.29, 1.82) is 0 Å². The van der Waals surface area contributed by atoms with Crippen molar-refractivity contribution in [2.24, 2.45) is 0 Å². The van der Waals surface area contributed by atoms with E-state index in [9.17, 15) is 4.79 Å². The Morgan fingerprint density at radius 3 is 3.07 bits per heavy atom. The van der Waals surface area contributed by atoms with E-state index in [0.717, 1.165) is 12.8 Å². The van der Waals surface area contributed by atoms with Crippen LogP contribution in [-0.2, 0) is 11.2 Å². The fraction of sp³-hybridized carbons (Fsp3) is 0.500. The SMILES string of the molecule is O=C(CCCc1cccs1)NCCO. The lowest BCUT2D eigenvalue weighted by Gasteiger charge is -2.01. The summed E-state index contributed by atoms with van der Waals surface area (Å²) in [4.78, 5) is 12.4. The number of carbonyl (C=O) groups excluding carboxylic acids is 1. The van der Waals surface area contributed by atoms with Crippen LogP contribution in [0.4, 0.5) is 0 Å². The van der Waals surface area contributed by atoms with Crippen LogP contribution in [0.2, 0.25) is 0 Å². The van der Waals surface area contributed by atoms with Gasteiger partial charge in [0.05, 0.1) is 6.61 Å². The van der Waals surface area contributed by atoms with Gasteiger partial charge in [-0.05, 0) is 24.3 Å². The number of thiophene rings is 1. The van der Waals surface area contributed by atoms with Crippen LogP contribution in [-0.4, -0.2) is 24.2 Å². The second kappa shape index (κ2) is 6.56. The molecule has 0 saturated carbocycles. The quantitative estimate of drug-likeness (QED) is 0.745. The molecule has 14 heavy (non-hydrogen) atoms. The molecule has 0 aliphatic carbocycles. The number of rotatable bonds is 6. The standard InChI is InChI=1S/C10H15NO2S/c12-7-6-11-10(13)5-1-3-9-4-2-8-14-9/h2,4,8,12H,1,3,5-7H2,(H,11,13). The number of aliphatic hydroxyl groups excluding tert-OH is 1. The van der Waals surface area contributed by atoms with Crippen molar-refractivity contribution >= 4 is 17.2 Å². The summed E-state index contributed by atoms with van der Waals surface area (Å²) in [5.74, 6) is 0.0237. The van der Waals surface area contributed by atoms with Crippen molar-refractivity contribution in [3.05, 3.63) is 22.4 Å². The summed E-state index contributed by atoms with van der Waals surface area (Å²) < 4.78 is 0. The van der Waals surface area contributed by atoms with E-state index < -0.39 is 0 Å². The van der Waals surface area contributed by atoms with E-state index in [4.69, 9.17) is 5.11 Å². The van der Waals surface area contributed by atoms with Gasteiger partial charge in [0.2, 0.25) is 5.91 Å². The molecule has 0 aliphatic heterocycles. The minimum atomic E-state index is 0.0106. The number of carbonyl (C=O) groups is 1. The monoisotopic (exact) mass is 213 g/mol. The predicted molar refractivity (Wildman–Crippen MR) is 57.4 cm³/mol. The highest BCUT2D eigenvalue weighted by atomic mass is 32.1. The van der Waals surface area contributed by atoms with Gasteiger partial charge < -0.3 is 10.4 Å². The molecule has 2 N–H and O–H groups in total. The molecule has 0 fully saturated rings. The summed E-state index contributed by atoms with van der Waals surface area (Å²) in [5.41, 5.74) is 0. The molecule has 0 unspecified atom stereocenters. The van der Waals surface area contributed by atoms with Crippen LogP contribution in [0.1, 0.15) is 17.7 Å². The molecule has 0 spiro atoms. The molecule has 1 rings (SSSR count). The Morgan fingerprint density at radius 1 is 1.57 bits per heavy atom. The molecule has 78 valence electrons. The molecular formula is C10H15NO2S. The molecule has 0 bridgehead atoms. The van der Waals surface area contributed by atoms with Gasteiger partial charge in [-0.15, -0.1) is 11.3 Å². The second-order valence-electron chi connectivity index (χ2n) is 3.01. The van der Waals surface area contributed by atoms with Crippen molar-refractivity contribution in [2.75, 3.05) is 13.2 Å². The van der Waals surface area contributed by atoms with Crippen LogP contribution in [0.15, 0.2) is 17.5 Å². The number of amides is 1. The van der Waals surface area contributed by atoms with Gasteiger partial charge in [-0.2, -0.15) is 0 Å². The van der Waals surface area contributed by atoms with Gasteiger partial charge in [-0.25, -0.2) is 0 Å². The lowest BCUT2D eigenvalue weighted by molar-refractivity contribution is -0.121. The molecule has 0 atom stereocenters. The van der Waals surface area contributed by atoms with Crippen LogP contribution in [0.5, 0.6) is 0 Å². The number of aryl methyl sites for hydroxylation is 1. The van der Waals surface area contributed by atoms with Crippen molar-refractivity contribution < 1.29 is 9.90 Å². The number of hydrogen-bond donors (Lipinski definition) is 2. The van der Waals surface area contributed by atoms with Crippen LogP contribution < -0.4 is 5.32 Å². The minimum absolute atomic E-state index is 0.0106. The van der Waals surface area contributed by atoms with Crippen molar-refractivity contribution in [2.45, 2.75) is 19.3 Å². The first-order chi connectivity index (χ1) is 6.83. The van der Waals surface area contributed by atoms with Crippen molar-refractivity contribution in [3.63, 3.8) is 0 Å².